The lowest BCUT2D eigenvalue weighted by Gasteiger charge is -2.30. The van der Waals surface area contributed by atoms with Gasteiger partial charge in [0.05, 0.1) is 18.6 Å². The normalized spacial score (nSPS) is 24.1. The minimum atomic E-state index is 0.0649. The molecule has 1 amide bonds. The van der Waals surface area contributed by atoms with E-state index in [2.05, 4.69) is 28.2 Å². The Morgan fingerprint density at radius 2 is 2.10 bits per heavy atom. The van der Waals surface area contributed by atoms with Crippen LogP contribution in [0.4, 0.5) is 0 Å². The van der Waals surface area contributed by atoms with Crippen molar-refractivity contribution in [3.8, 4) is 0 Å². The van der Waals surface area contributed by atoms with E-state index in [1.807, 2.05) is 31.2 Å². The Morgan fingerprint density at radius 1 is 1.40 bits per heavy atom. The number of rotatable bonds is 4. The van der Waals surface area contributed by atoms with Crippen LogP contribution < -0.4 is 10.2 Å². The molecule has 1 saturated heterocycles. The SMILES string of the molecule is C[C@H](NC(=O)C[NH+]1CCCC[C@@H]1C)c1ccc(Br)cc1. The van der Waals surface area contributed by atoms with Crippen molar-refractivity contribution in [1.82, 2.24) is 5.32 Å². The molecular formula is C16H24BrN2O+. The summed E-state index contributed by atoms with van der Waals surface area (Å²) in [5.41, 5.74) is 1.14. The molecule has 1 aliphatic heterocycles. The van der Waals surface area contributed by atoms with Gasteiger partial charge >= 0.3 is 0 Å². The number of likely N-dealkylation sites (tertiary alicyclic amines) is 1. The van der Waals surface area contributed by atoms with Crippen LogP contribution in [0.15, 0.2) is 28.7 Å². The molecule has 1 unspecified atom stereocenters. The quantitative estimate of drug-likeness (QED) is 0.865. The summed E-state index contributed by atoms with van der Waals surface area (Å²) in [6.07, 6.45) is 3.79. The highest BCUT2D eigenvalue weighted by atomic mass is 79.9. The second-order valence-electron chi connectivity index (χ2n) is 5.82. The van der Waals surface area contributed by atoms with Crippen molar-refractivity contribution in [3.05, 3.63) is 34.3 Å². The molecular weight excluding hydrogens is 316 g/mol. The number of quaternary nitrogens is 1. The minimum Gasteiger partial charge on any atom is -0.345 e. The van der Waals surface area contributed by atoms with E-state index in [4.69, 9.17) is 0 Å². The van der Waals surface area contributed by atoms with Gasteiger partial charge in [-0.15, -0.1) is 0 Å². The Morgan fingerprint density at radius 3 is 2.75 bits per heavy atom. The molecule has 1 aromatic rings. The molecule has 2 N–H and O–H groups in total. The van der Waals surface area contributed by atoms with Crippen molar-refractivity contribution in [2.75, 3.05) is 13.1 Å². The van der Waals surface area contributed by atoms with E-state index in [-0.39, 0.29) is 11.9 Å². The van der Waals surface area contributed by atoms with Crippen LogP contribution in [0.3, 0.4) is 0 Å². The smallest absolute Gasteiger partial charge is 0.275 e. The molecule has 1 aliphatic rings. The number of hydrogen-bond acceptors (Lipinski definition) is 1. The summed E-state index contributed by atoms with van der Waals surface area (Å²) >= 11 is 3.43. The molecule has 0 spiro atoms. The lowest BCUT2D eigenvalue weighted by Crippen LogP contribution is -3.17. The van der Waals surface area contributed by atoms with Gasteiger partial charge in [-0.2, -0.15) is 0 Å². The Labute approximate surface area is 129 Å². The first-order chi connectivity index (χ1) is 9.56. The molecule has 1 heterocycles. The predicted octanol–water partition coefficient (Wildman–Crippen LogP) is 2.08. The fourth-order valence-corrected chi connectivity index (χ4v) is 3.11. The molecule has 3 nitrogen and oxygen atoms in total. The van der Waals surface area contributed by atoms with Crippen LogP contribution in [-0.4, -0.2) is 25.0 Å². The molecule has 20 heavy (non-hydrogen) atoms. The monoisotopic (exact) mass is 339 g/mol. The van der Waals surface area contributed by atoms with Gasteiger partial charge in [0.1, 0.15) is 0 Å². The number of hydrogen-bond donors (Lipinski definition) is 2. The summed E-state index contributed by atoms with van der Waals surface area (Å²) < 4.78 is 1.06. The maximum absolute atomic E-state index is 12.2. The zero-order valence-corrected chi connectivity index (χ0v) is 13.9. The summed E-state index contributed by atoms with van der Waals surface area (Å²) in [4.78, 5) is 13.6. The lowest BCUT2D eigenvalue weighted by atomic mass is 10.0. The average Bonchev–Trinajstić information content (AvgIpc) is 2.42. The van der Waals surface area contributed by atoms with Gasteiger partial charge in [0.2, 0.25) is 0 Å². The number of amides is 1. The van der Waals surface area contributed by atoms with Crippen molar-refractivity contribution in [2.24, 2.45) is 0 Å². The summed E-state index contributed by atoms with van der Waals surface area (Å²) in [7, 11) is 0. The first-order valence-electron chi connectivity index (χ1n) is 7.45. The van der Waals surface area contributed by atoms with Gasteiger partial charge in [0.25, 0.3) is 5.91 Å². The van der Waals surface area contributed by atoms with E-state index in [0.29, 0.717) is 12.6 Å². The second kappa shape index (κ2) is 7.23. The third kappa shape index (κ3) is 4.32. The summed E-state index contributed by atoms with van der Waals surface area (Å²) in [5, 5.41) is 3.11. The van der Waals surface area contributed by atoms with Crippen LogP contribution in [0.5, 0.6) is 0 Å². The van der Waals surface area contributed by atoms with Gasteiger partial charge in [0.15, 0.2) is 6.54 Å². The van der Waals surface area contributed by atoms with E-state index in [9.17, 15) is 4.79 Å². The van der Waals surface area contributed by atoms with Crippen LogP contribution in [-0.2, 0) is 4.79 Å². The van der Waals surface area contributed by atoms with E-state index < -0.39 is 0 Å². The summed E-state index contributed by atoms with van der Waals surface area (Å²) in [6, 6.07) is 8.79. The van der Waals surface area contributed by atoms with Gasteiger partial charge < -0.3 is 10.2 Å². The van der Waals surface area contributed by atoms with E-state index >= 15 is 0 Å². The van der Waals surface area contributed by atoms with Gasteiger partial charge in [-0.1, -0.05) is 28.1 Å². The molecule has 0 aliphatic carbocycles. The maximum atomic E-state index is 12.2. The molecule has 1 aromatic carbocycles. The highest BCUT2D eigenvalue weighted by Gasteiger charge is 2.24. The number of halogens is 1. The van der Waals surface area contributed by atoms with Gasteiger partial charge in [0, 0.05) is 4.47 Å². The van der Waals surface area contributed by atoms with Gasteiger partial charge in [-0.25, -0.2) is 0 Å². The van der Waals surface area contributed by atoms with Crippen LogP contribution >= 0.6 is 15.9 Å². The molecule has 0 saturated carbocycles. The van der Waals surface area contributed by atoms with Crippen molar-refractivity contribution in [2.45, 2.75) is 45.2 Å². The van der Waals surface area contributed by atoms with Crippen LogP contribution in [0.25, 0.3) is 0 Å². The molecule has 3 atom stereocenters. The molecule has 110 valence electrons. The standard InChI is InChI=1S/C16H23BrN2O/c1-12-5-3-4-10-19(12)11-16(20)18-13(2)14-6-8-15(17)9-7-14/h6-9,12-13H,3-5,10-11H2,1-2H3,(H,18,20)/p+1/t12-,13-/m0/s1. The van der Waals surface area contributed by atoms with Crippen LogP contribution in [0, 0.1) is 0 Å². The van der Waals surface area contributed by atoms with Crippen molar-refractivity contribution in [3.63, 3.8) is 0 Å². The fraction of sp³-hybridized carbons (Fsp3) is 0.562. The third-order valence-corrected chi connectivity index (χ3v) is 4.75. The summed E-state index contributed by atoms with van der Waals surface area (Å²) in [5.74, 6) is 0.157. The van der Waals surface area contributed by atoms with Crippen molar-refractivity contribution in [1.29, 1.82) is 0 Å². The number of carbonyl (C=O) groups excluding carboxylic acids is 1. The first-order valence-corrected chi connectivity index (χ1v) is 8.25. The highest BCUT2D eigenvalue weighted by Crippen LogP contribution is 2.16. The molecule has 0 radical (unpaired) electrons. The Balaban J connectivity index is 1.85. The predicted molar refractivity (Wildman–Crippen MR) is 84.7 cm³/mol. The molecule has 4 heteroatoms. The minimum absolute atomic E-state index is 0.0649. The molecule has 2 rings (SSSR count). The molecule has 1 fully saturated rings. The zero-order valence-electron chi connectivity index (χ0n) is 12.3. The molecule has 0 aromatic heterocycles. The number of piperidine rings is 1. The van der Waals surface area contributed by atoms with E-state index in [0.717, 1.165) is 16.6 Å². The van der Waals surface area contributed by atoms with Gasteiger partial charge in [-0.3, -0.25) is 4.79 Å². The Kier molecular flexibility index (Phi) is 5.61. The first kappa shape index (κ1) is 15.5. The van der Waals surface area contributed by atoms with Gasteiger partial charge in [-0.05, 0) is 50.8 Å². The zero-order chi connectivity index (χ0) is 14.5. The number of nitrogens with one attached hydrogen (secondary N) is 2. The summed E-state index contributed by atoms with van der Waals surface area (Å²) in [6.45, 7) is 6.01. The lowest BCUT2D eigenvalue weighted by molar-refractivity contribution is -0.921. The maximum Gasteiger partial charge on any atom is 0.275 e. The van der Waals surface area contributed by atoms with E-state index in [1.54, 1.807) is 0 Å². The largest absolute Gasteiger partial charge is 0.345 e. The third-order valence-electron chi connectivity index (χ3n) is 4.22. The van der Waals surface area contributed by atoms with Crippen molar-refractivity contribution >= 4 is 21.8 Å². The Bertz CT molecular complexity index is 446. The molecule has 0 bridgehead atoms. The highest BCUT2D eigenvalue weighted by molar-refractivity contribution is 9.10. The van der Waals surface area contributed by atoms with E-state index in [1.165, 1.54) is 24.2 Å². The number of benzene rings is 1. The fourth-order valence-electron chi connectivity index (χ4n) is 2.85. The number of carbonyl (C=O) groups is 1. The average molecular weight is 340 g/mol. The van der Waals surface area contributed by atoms with Crippen LogP contribution in [0.1, 0.15) is 44.7 Å². The topological polar surface area (TPSA) is 33.5 Å². The van der Waals surface area contributed by atoms with Crippen LogP contribution in [0.2, 0.25) is 0 Å². The van der Waals surface area contributed by atoms with Crippen molar-refractivity contribution < 1.29 is 9.69 Å². The Hall–Kier alpha value is -0.870. The second-order valence-corrected chi connectivity index (χ2v) is 6.74.